The zero-order valence-electron chi connectivity index (χ0n) is 26.8. The molecule has 6 atom stereocenters. The van der Waals surface area contributed by atoms with Gasteiger partial charge in [0.2, 0.25) is 5.79 Å². The van der Waals surface area contributed by atoms with Gasteiger partial charge in [-0.3, -0.25) is 14.4 Å². The summed E-state index contributed by atoms with van der Waals surface area (Å²) in [5.41, 5.74) is -1.80. The van der Waals surface area contributed by atoms with Crippen LogP contribution in [-0.2, 0) is 19.1 Å². The lowest BCUT2D eigenvalue weighted by Gasteiger charge is -2.64. The molecule has 1 saturated carbocycles. The predicted octanol–water partition coefficient (Wildman–Crippen LogP) is 7.64. The van der Waals surface area contributed by atoms with Gasteiger partial charge in [0.05, 0.1) is 5.41 Å². The van der Waals surface area contributed by atoms with Gasteiger partial charge in [-0.05, 0) is 98.8 Å². The topological polar surface area (TPSA) is 80.7 Å². The number of allylic oxidation sites excluding steroid dienone is 7. The molecule has 0 amide bonds. The van der Waals surface area contributed by atoms with Gasteiger partial charge in [-0.15, -0.1) is 0 Å². The molecule has 2 heterocycles. The number of hydrogen-bond donors (Lipinski definition) is 1. The van der Waals surface area contributed by atoms with E-state index in [9.17, 15) is 14.7 Å². The first-order valence-corrected chi connectivity index (χ1v) is 15.0. The van der Waals surface area contributed by atoms with Crippen molar-refractivity contribution in [3.8, 4) is 0 Å². The average molecular weight is 553 g/mol. The normalized spacial score (nSPS) is 36.0. The van der Waals surface area contributed by atoms with E-state index in [0.717, 1.165) is 22.3 Å². The molecule has 1 N–H and O–H groups in total. The highest BCUT2D eigenvalue weighted by Gasteiger charge is 2.94. The van der Waals surface area contributed by atoms with Gasteiger partial charge in [-0.25, -0.2) is 0 Å². The molecule has 1 unspecified atom stereocenters. The third-order valence-electron chi connectivity index (χ3n) is 9.92. The summed E-state index contributed by atoms with van der Waals surface area (Å²) in [6, 6.07) is 0. The molecule has 2 bridgehead atoms. The zero-order chi connectivity index (χ0) is 30.5. The molecule has 0 radical (unpaired) electrons. The van der Waals surface area contributed by atoms with Crippen molar-refractivity contribution in [2.24, 2.45) is 28.1 Å². The number of fused-ring (bicyclic) bond motifs is 1. The van der Waals surface area contributed by atoms with Gasteiger partial charge in [0, 0.05) is 12.3 Å². The molecule has 0 aromatic heterocycles. The van der Waals surface area contributed by atoms with Crippen molar-refractivity contribution >= 4 is 17.3 Å². The zero-order valence-corrected chi connectivity index (χ0v) is 26.8. The van der Waals surface area contributed by atoms with E-state index in [2.05, 4.69) is 12.2 Å². The first-order valence-electron chi connectivity index (χ1n) is 15.0. The van der Waals surface area contributed by atoms with Gasteiger partial charge >= 0.3 is 0 Å². The number of aliphatic hydroxyl groups is 1. The van der Waals surface area contributed by atoms with Crippen LogP contribution >= 0.6 is 0 Å². The Balaban J connectivity index is 2.48. The Morgan fingerprint density at radius 2 is 1.40 bits per heavy atom. The maximum atomic E-state index is 15.1. The van der Waals surface area contributed by atoms with E-state index in [1.807, 2.05) is 74.5 Å². The van der Waals surface area contributed by atoms with Gasteiger partial charge in [0.15, 0.2) is 28.4 Å². The highest BCUT2D eigenvalue weighted by Crippen LogP contribution is 2.78. The molecular weight excluding hydrogens is 500 g/mol. The number of ketones is 3. The lowest BCUT2D eigenvalue weighted by Crippen LogP contribution is -2.78. The molecule has 5 heteroatoms. The Labute approximate surface area is 242 Å². The van der Waals surface area contributed by atoms with Crippen molar-refractivity contribution in [2.45, 2.75) is 126 Å². The van der Waals surface area contributed by atoms with E-state index < -0.39 is 39.3 Å². The van der Waals surface area contributed by atoms with Gasteiger partial charge in [0.1, 0.15) is 0 Å². The Kier molecular flexibility index (Phi) is 8.87. The molecule has 3 fully saturated rings. The van der Waals surface area contributed by atoms with Crippen molar-refractivity contribution in [2.75, 3.05) is 0 Å². The van der Waals surface area contributed by atoms with Crippen molar-refractivity contribution in [1.29, 1.82) is 0 Å². The highest BCUT2D eigenvalue weighted by atomic mass is 16.7. The quantitative estimate of drug-likeness (QED) is 0.210. The van der Waals surface area contributed by atoms with Crippen molar-refractivity contribution in [1.82, 2.24) is 0 Å². The molecule has 1 aliphatic carbocycles. The number of carbonyl (C=O) groups is 3. The summed E-state index contributed by atoms with van der Waals surface area (Å²) in [4.78, 5) is 44.5. The van der Waals surface area contributed by atoms with Crippen LogP contribution < -0.4 is 0 Å². The molecule has 222 valence electrons. The lowest BCUT2D eigenvalue weighted by atomic mass is 9.35. The number of carbonyl (C=O) groups excluding carboxylic acids is 3. The maximum absolute atomic E-state index is 15.1. The van der Waals surface area contributed by atoms with Gasteiger partial charge < -0.3 is 9.84 Å². The monoisotopic (exact) mass is 552 g/mol. The molecule has 40 heavy (non-hydrogen) atoms. The second kappa shape index (κ2) is 10.9. The third-order valence-corrected chi connectivity index (χ3v) is 9.92. The molecule has 0 aromatic carbocycles. The molecule has 2 saturated heterocycles. The molecule has 2 aliphatic heterocycles. The minimum atomic E-state index is -2.22. The first-order chi connectivity index (χ1) is 18.4. The smallest absolute Gasteiger partial charge is 0.201 e. The number of Topliss-reactive ketones (excluding diaryl/α,β-unsaturated/α-hetero) is 3. The summed E-state index contributed by atoms with van der Waals surface area (Å²) in [7, 11) is 0. The number of rotatable bonds is 11. The summed E-state index contributed by atoms with van der Waals surface area (Å²) in [5.74, 6) is -4.13. The van der Waals surface area contributed by atoms with Crippen molar-refractivity contribution in [3.05, 3.63) is 46.6 Å². The Morgan fingerprint density at radius 3 is 1.90 bits per heavy atom. The standard InChI is InChI=1S/C35H52O5/c1-22(2)13-12-18-31(11)27(15-14-23(3)4)21-32(19-16-24(5)6)29(37)33(20-17-25(7)8)30(38)34(31,28(36)26(9)10)35(32,39)40-33/h13-14,16-17,26-27,39H,12,15,18-21H2,1-11H3/t27-,31+,32?,33+,34+,35-/m0/s1. The van der Waals surface area contributed by atoms with Crippen molar-refractivity contribution in [3.63, 3.8) is 0 Å². The molecule has 3 rings (SSSR count). The largest absolute Gasteiger partial charge is 0.363 e. The number of hydrogen-bond acceptors (Lipinski definition) is 5. The Bertz CT molecular complexity index is 1180. The molecule has 0 aromatic rings. The third kappa shape index (κ3) is 4.38. The Morgan fingerprint density at radius 1 is 0.875 bits per heavy atom. The van der Waals surface area contributed by atoms with Crippen LogP contribution in [0.2, 0.25) is 0 Å². The summed E-state index contributed by atoms with van der Waals surface area (Å²) in [5, 5.41) is 13.0. The Hall–Kier alpha value is -2.11. The van der Waals surface area contributed by atoms with E-state index in [0.29, 0.717) is 25.7 Å². The minimum Gasteiger partial charge on any atom is -0.363 e. The predicted molar refractivity (Wildman–Crippen MR) is 161 cm³/mol. The number of ether oxygens (including phenoxy) is 1. The van der Waals surface area contributed by atoms with Crippen molar-refractivity contribution < 1.29 is 24.2 Å². The van der Waals surface area contributed by atoms with E-state index in [1.165, 1.54) is 0 Å². The van der Waals surface area contributed by atoms with Gasteiger partial charge in [-0.1, -0.05) is 67.4 Å². The fourth-order valence-electron chi connectivity index (χ4n) is 7.84. The first kappa shape index (κ1) is 32.4. The van der Waals surface area contributed by atoms with E-state index in [-0.39, 0.29) is 30.3 Å². The minimum absolute atomic E-state index is 0.0295. The second-order valence-electron chi connectivity index (χ2n) is 14.2. The van der Waals surface area contributed by atoms with Crippen LogP contribution in [0.15, 0.2) is 46.6 Å². The van der Waals surface area contributed by atoms with E-state index in [4.69, 9.17) is 4.74 Å². The summed E-state index contributed by atoms with van der Waals surface area (Å²) in [6.07, 6.45) is 10.5. The van der Waals surface area contributed by atoms with Crippen LogP contribution in [0.25, 0.3) is 0 Å². The fraction of sp³-hybridized carbons (Fsp3) is 0.686. The fourth-order valence-corrected chi connectivity index (χ4v) is 7.84. The summed E-state index contributed by atoms with van der Waals surface area (Å²) in [6.45, 7) is 21.5. The molecule has 3 aliphatic rings. The van der Waals surface area contributed by atoms with Gasteiger partial charge in [0.25, 0.3) is 0 Å². The SMILES string of the molecule is CC(C)=CCC[C@]1(C)[C@@H](CC=C(C)C)CC2(CC=C(C)C)C(=O)[C@@]3(CC=C(C)C)O[C@]2(O)[C@]1(C(=O)C(C)C)C3=O. The lowest BCUT2D eigenvalue weighted by molar-refractivity contribution is -0.317. The van der Waals surface area contributed by atoms with E-state index >= 15 is 4.79 Å². The average Bonchev–Trinajstić information content (AvgIpc) is 3.17. The van der Waals surface area contributed by atoms with Crippen LogP contribution in [0.4, 0.5) is 0 Å². The molecular formula is C35H52O5. The van der Waals surface area contributed by atoms with Crippen LogP contribution in [0.5, 0.6) is 0 Å². The maximum Gasteiger partial charge on any atom is 0.201 e. The van der Waals surface area contributed by atoms with Crippen LogP contribution in [0.3, 0.4) is 0 Å². The highest BCUT2D eigenvalue weighted by molar-refractivity contribution is 6.28. The summed E-state index contributed by atoms with van der Waals surface area (Å²) < 4.78 is 6.53. The van der Waals surface area contributed by atoms with E-state index in [1.54, 1.807) is 13.8 Å². The summed E-state index contributed by atoms with van der Waals surface area (Å²) >= 11 is 0. The van der Waals surface area contributed by atoms with Crippen LogP contribution in [0, 0.1) is 28.1 Å². The molecule has 0 spiro atoms. The molecule has 5 nitrogen and oxygen atoms in total. The van der Waals surface area contributed by atoms with Crippen LogP contribution in [0.1, 0.15) is 115 Å². The van der Waals surface area contributed by atoms with Crippen LogP contribution in [-0.4, -0.2) is 33.8 Å². The van der Waals surface area contributed by atoms with Gasteiger partial charge in [-0.2, -0.15) is 0 Å². The second-order valence-corrected chi connectivity index (χ2v) is 14.2.